The molecule has 0 saturated heterocycles. The van der Waals surface area contributed by atoms with E-state index in [4.69, 9.17) is 10.6 Å². The highest BCUT2D eigenvalue weighted by molar-refractivity contribution is 5.40. The van der Waals surface area contributed by atoms with Crippen LogP contribution in [-0.2, 0) is 0 Å². The number of hydrazine groups is 1. The molecule has 1 heterocycles. The quantitative estimate of drug-likeness (QED) is 0.674. The second-order valence-electron chi connectivity index (χ2n) is 5.07. The third-order valence-corrected chi connectivity index (χ3v) is 3.90. The molecule has 5 heteroatoms. The van der Waals surface area contributed by atoms with E-state index in [1.807, 2.05) is 24.3 Å². The van der Waals surface area contributed by atoms with Gasteiger partial charge < -0.3 is 4.74 Å². The van der Waals surface area contributed by atoms with Gasteiger partial charge in [0.25, 0.3) is 0 Å². The third-order valence-electron chi connectivity index (χ3n) is 3.90. The summed E-state index contributed by atoms with van der Waals surface area (Å²) in [5.41, 5.74) is 3.82. The summed E-state index contributed by atoms with van der Waals surface area (Å²) < 4.78 is 33.1. The van der Waals surface area contributed by atoms with Gasteiger partial charge in [-0.05, 0) is 24.1 Å². The van der Waals surface area contributed by atoms with Gasteiger partial charge in [0.2, 0.25) is 0 Å². The fourth-order valence-electron chi connectivity index (χ4n) is 2.90. The Morgan fingerprint density at radius 1 is 1.14 bits per heavy atom. The average molecular weight is 290 g/mol. The molecule has 3 nitrogen and oxygen atoms in total. The molecule has 110 valence electrons. The fourth-order valence-corrected chi connectivity index (χ4v) is 2.90. The Labute approximate surface area is 121 Å². The fraction of sp³-hybridized carbons (Fsp3) is 0.250. The van der Waals surface area contributed by atoms with E-state index in [2.05, 4.69) is 5.43 Å². The Bertz CT molecular complexity index is 648. The van der Waals surface area contributed by atoms with Gasteiger partial charge in [-0.3, -0.25) is 11.3 Å². The second-order valence-corrected chi connectivity index (χ2v) is 5.07. The number of para-hydroxylation sites is 1. The molecule has 3 rings (SSSR count). The minimum atomic E-state index is -0.868. The van der Waals surface area contributed by atoms with E-state index in [9.17, 15) is 8.78 Å². The summed E-state index contributed by atoms with van der Waals surface area (Å²) >= 11 is 0. The van der Waals surface area contributed by atoms with Crippen molar-refractivity contribution < 1.29 is 13.5 Å². The van der Waals surface area contributed by atoms with Crippen molar-refractivity contribution in [3.63, 3.8) is 0 Å². The van der Waals surface area contributed by atoms with E-state index in [1.165, 1.54) is 6.07 Å². The van der Waals surface area contributed by atoms with Gasteiger partial charge >= 0.3 is 0 Å². The number of benzene rings is 2. The highest BCUT2D eigenvalue weighted by atomic mass is 19.2. The molecule has 1 aliphatic heterocycles. The van der Waals surface area contributed by atoms with Crippen LogP contribution in [0.3, 0.4) is 0 Å². The molecule has 0 saturated carbocycles. The largest absolute Gasteiger partial charge is 0.493 e. The molecular weight excluding hydrogens is 274 g/mol. The molecule has 2 atom stereocenters. The van der Waals surface area contributed by atoms with Gasteiger partial charge in [-0.2, -0.15) is 0 Å². The van der Waals surface area contributed by atoms with Crippen molar-refractivity contribution in [2.24, 2.45) is 5.84 Å². The summed E-state index contributed by atoms with van der Waals surface area (Å²) in [5, 5.41) is 0. The van der Waals surface area contributed by atoms with Gasteiger partial charge in [-0.1, -0.05) is 30.3 Å². The van der Waals surface area contributed by atoms with Crippen molar-refractivity contribution in [3.8, 4) is 5.75 Å². The first kappa shape index (κ1) is 14.0. The van der Waals surface area contributed by atoms with Gasteiger partial charge in [0, 0.05) is 11.5 Å². The number of hydrogen-bond donors (Lipinski definition) is 2. The zero-order valence-electron chi connectivity index (χ0n) is 11.4. The Balaban J connectivity index is 2.04. The molecule has 3 N–H and O–H groups in total. The molecule has 1 aliphatic rings. The minimum absolute atomic E-state index is 0.0729. The lowest BCUT2D eigenvalue weighted by Crippen LogP contribution is -2.35. The highest BCUT2D eigenvalue weighted by Gasteiger charge is 2.31. The normalized spacial score (nSPS) is 18.7. The standard InChI is InChI=1S/C16H16F2N2O/c17-13-6-3-5-12(15(13)18)16(20-19)11-8-9-21-14-7-2-1-4-10(11)14/h1-7,11,16,20H,8-9,19H2. The minimum Gasteiger partial charge on any atom is -0.493 e. The van der Waals surface area contributed by atoms with Crippen LogP contribution in [-0.4, -0.2) is 6.61 Å². The van der Waals surface area contributed by atoms with Crippen LogP contribution < -0.4 is 16.0 Å². The molecule has 0 fully saturated rings. The van der Waals surface area contributed by atoms with E-state index >= 15 is 0 Å². The maximum atomic E-state index is 14.1. The predicted octanol–water partition coefficient (Wildman–Crippen LogP) is 3.04. The number of nitrogens with two attached hydrogens (primary N) is 1. The lowest BCUT2D eigenvalue weighted by Gasteiger charge is -2.32. The summed E-state index contributed by atoms with van der Waals surface area (Å²) in [6, 6.07) is 11.2. The van der Waals surface area contributed by atoms with Crippen LogP contribution in [0, 0.1) is 11.6 Å². The summed E-state index contributed by atoms with van der Waals surface area (Å²) in [7, 11) is 0. The van der Waals surface area contributed by atoms with E-state index in [-0.39, 0.29) is 11.5 Å². The molecule has 2 unspecified atom stereocenters. The first-order valence-electron chi connectivity index (χ1n) is 6.84. The Morgan fingerprint density at radius 3 is 2.76 bits per heavy atom. The Hall–Kier alpha value is -1.98. The summed E-state index contributed by atoms with van der Waals surface area (Å²) in [5.74, 6) is 4.60. The van der Waals surface area contributed by atoms with Crippen LogP contribution in [0.1, 0.15) is 29.5 Å². The summed E-state index contributed by atoms with van der Waals surface area (Å²) in [6.45, 7) is 0.525. The van der Waals surface area contributed by atoms with E-state index < -0.39 is 17.7 Å². The van der Waals surface area contributed by atoms with Crippen molar-refractivity contribution in [1.29, 1.82) is 0 Å². The second kappa shape index (κ2) is 5.79. The molecule has 0 aromatic heterocycles. The molecular formula is C16H16F2N2O. The first-order valence-corrected chi connectivity index (χ1v) is 6.84. The molecule has 2 aromatic carbocycles. The van der Waals surface area contributed by atoms with Crippen LogP contribution in [0.15, 0.2) is 42.5 Å². The molecule has 0 spiro atoms. The first-order chi connectivity index (χ1) is 10.2. The number of hydrogen-bond acceptors (Lipinski definition) is 3. The molecule has 0 amide bonds. The van der Waals surface area contributed by atoms with Crippen LogP contribution in [0.25, 0.3) is 0 Å². The summed E-state index contributed by atoms with van der Waals surface area (Å²) in [6.07, 6.45) is 0.682. The maximum Gasteiger partial charge on any atom is 0.163 e. The van der Waals surface area contributed by atoms with Crippen LogP contribution in [0.2, 0.25) is 0 Å². The molecule has 0 aliphatic carbocycles. The number of nitrogens with one attached hydrogen (secondary N) is 1. The van der Waals surface area contributed by atoms with Crippen molar-refractivity contribution in [3.05, 3.63) is 65.2 Å². The summed E-state index contributed by atoms with van der Waals surface area (Å²) in [4.78, 5) is 0. The highest BCUT2D eigenvalue weighted by Crippen LogP contribution is 2.41. The van der Waals surface area contributed by atoms with Crippen molar-refractivity contribution in [2.45, 2.75) is 18.4 Å². The molecule has 21 heavy (non-hydrogen) atoms. The van der Waals surface area contributed by atoms with Gasteiger partial charge in [-0.15, -0.1) is 0 Å². The molecule has 0 bridgehead atoms. The smallest absolute Gasteiger partial charge is 0.163 e. The number of rotatable bonds is 3. The number of ether oxygens (including phenoxy) is 1. The molecule has 2 aromatic rings. The van der Waals surface area contributed by atoms with Gasteiger partial charge in [0.1, 0.15) is 5.75 Å². The lowest BCUT2D eigenvalue weighted by atomic mass is 9.83. The van der Waals surface area contributed by atoms with Crippen LogP contribution >= 0.6 is 0 Å². The van der Waals surface area contributed by atoms with E-state index in [0.29, 0.717) is 13.0 Å². The maximum absolute atomic E-state index is 14.1. The Morgan fingerprint density at radius 2 is 1.95 bits per heavy atom. The van der Waals surface area contributed by atoms with Crippen molar-refractivity contribution in [1.82, 2.24) is 5.43 Å². The monoisotopic (exact) mass is 290 g/mol. The van der Waals surface area contributed by atoms with Crippen molar-refractivity contribution >= 4 is 0 Å². The van der Waals surface area contributed by atoms with E-state index in [1.54, 1.807) is 6.07 Å². The number of halogens is 2. The number of fused-ring (bicyclic) bond motifs is 1. The Kier molecular flexibility index (Phi) is 3.86. The third kappa shape index (κ3) is 2.50. The molecule has 0 radical (unpaired) electrons. The van der Waals surface area contributed by atoms with Gasteiger partial charge in [0.05, 0.1) is 12.6 Å². The average Bonchev–Trinajstić information content (AvgIpc) is 2.52. The van der Waals surface area contributed by atoms with Crippen LogP contribution in [0.4, 0.5) is 8.78 Å². The van der Waals surface area contributed by atoms with Crippen LogP contribution in [0.5, 0.6) is 5.75 Å². The van der Waals surface area contributed by atoms with E-state index in [0.717, 1.165) is 17.4 Å². The zero-order chi connectivity index (χ0) is 14.8. The van der Waals surface area contributed by atoms with Gasteiger partial charge in [-0.25, -0.2) is 8.78 Å². The predicted molar refractivity (Wildman–Crippen MR) is 75.7 cm³/mol. The van der Waals surface area contributed by atoms with Gasteiger partial charge in [0.15, 0.2) is 11.6 Å². The lowest BCUT2D eigenvalue weighted by molar-refractivity contribution is 0.244. The SMILES string of the molecule is NNC(c1cccc(F)c1F)C1CCOc2ccccc21. The topological polar surface area (TPSA) is 47.3 Å². The zero-order valence-corrected chi connectivity index (χ0v) is 11.4. The van der Waals surface area contributed by atoms with Crippen molar-refractivity contribution in [2.75, 3.05) is 6.61 Å².